The molecule has 1 saturated heterocycles. The van der Waals surface area contributed by atoms with Crippen LogP contribution in [0.5, 0.6) is 11.5 Å². The lowest BCUT2D eigenvalue weighted by Gasteiger charge is -2.33. The molecule has 0 bridgehead atoms. The van der Waals surface area contributed by atoms with Crippen molar-refractivity contribution >= 4 is 9.84 Å². The van der Waals surface area contributed by atoms with Gasteiger partial charge in [-0.25, -0.2) is 8.42 Å². The van der Waals surface area contributed by atoms with Crippen molar-refractivity contribution in [3.05, 3.63) is 47.8 Å². The number of piperidine rings is 1. The first-order valence-electron chi connectivity index (χ1n) is 10.1. The van der Waals surface area contributed by atoms with Gasteiger partial charge in [0, 0.05) is 31.5 Å². The molecule has 0 spiro atoms. The first-order valence-corrected chi connectivity index (χ1v) is 12.0. The molecule has 1 fully saturated rings. The van der Waals surface area contributed by atoms with E-state index in [1.54, 1.807) is 18.3 Å². The minimum atomic E-state index is -3.31. The van der Waals surface area contributed by atoms with Crippen molar-refractivity contribution in [2.45, 2.75) is 37.1 Å². The number of hydrogen-bond acceptors (Lipinski definition) is 6. The van der Waals surface area contributed by atoms with Crippen molar-refractivity contribution in [1.82, 2.24) is 9.88 Å². The summed E-state index contributed by atoms with van der Waals surface area (Å²) in [5, 5.41) is 0. The molecule has 0 N–H and O–H groups in total. The molecule has 1 aromatic heterocycles. The number of nitrogens with zero attached hydrogens (tertiary/aromatic N) is 2. The molecule has 30 heavy (non-hydrogen) atoms. The molecule has 2 aromatic rings. The average molecular weight is 429 g/mol. The number of hydrogen-bond donors (Lipinski definition) is 0. The molecule has 6 nitrogen and oxygen atoms in total. The van der Waals surface area contributed by atoms with Gasteiger partial charge < -0.3 is 9.47 Å². The number of benzene rings is 1. The van der Waals surface area contributed by atoms with E-state index in [2.05, 4.69) is 15.8 Å². The number of terminal acetylenes is 1. The molecular weight excluding hydrogens is 400 g/mol. The van der Waals surface area contributed by atoms with Gasteiger partial charge >= 0.3 is 0 Å². The van der Waals surface area contributed by atoms with E-state index in [1.165, 1.54) is 6.26 Å². The van der Waals surface area contributed by atoms with Crippen LogP contribution in [-0.2, 0) is 16.4 Å². The van der Waals surface area contributed by atoms with Crippen LogP contribution in [0.2, 0.25) is 0 Å². The van der Waals surface area contributed by atoms with Gasteiger partial charge in [0.15, 0.2) is 21.3 Å². The van der Waals surface area contributed by atoms with E-state index in [0.29, 0.717) is 28.7 Å². The molecule has 1 atom stereocenters. The quantitative estimate of drug-likeness (QED) is 0.601. The summed E-state index contributed by atoms with van der Waals surface area (Å²) in [6.07, 6.45) is 10.1. The third-order valence-corrected chi connectivity index (χ3v) is 6.26. The van der Waals surface area contributed by atoms with Gasteiger partial charge in [-0.05, 0) is 56.1 Å². The highest BCUT2D eigenvalue weighted by Crippen LogP contribution is 2.32. The standard InChI is InChI=1S/C23H28N2O4S/c1-4-14-29-20-11-10-18(15-21(20)28-5-2)16-25-13-7-8-19(17-25)23-22(30(3,26)27)9-6-12-24-23/h1,6,9-12,15,19H,5,7-8,13-14,16-17H2,2-3H3. The van der Waals surface area contributed by atoms with Crippen molar-refractivity contribution in [2.75, 3.05) is 32.6 Å². The fraction of sp³-hybridized carbons (Fsp3) is 0.435. The van der Waals surface area contributed by atoms with Crippen molar-refractivity contribution in [3.63, 3.8) is 0 Å². The van der Waals surface area contributed by atoms with Gasteiger partial charge in [-0.15, -0.1) is 6.42 Å². The number of sulfone groups is 1. The van der Waals surface area contributed by atoms with Crippen LogP contribution in [0.15, 0.2) is 41.4 Å². The van der Waals surface area contributed by atoms with Crippen LogP contribution in [0, 0.1) is 12.3 Å². The molecule has 0 amide bonds. The number of likely N-dealkylation sites (tertiary alicyclic amines) is 1. The van der Waals surface area contributed by atoms with E-state index < -0.39 is 9.84 Å². The third kappa shape index (κ3) is 5.53. The highest BCUT2D eigenvalue weighted by molar-refractivity contribution is 7.90. The molecule has 0 saturated carbocycles. The van der Waals surface area contributed by atoms with Gasteiger partial charge in [0.05, 0.1) is 17.2 Å². The zero-order valence-electron chi connectivity index (χ0n) is 17.5. The average Bonchev–Trinajstić information content (AvgIpc) is 2.73. The second-order valence-electron chi connectivity index (χ2n) is 7.44. The van der Waals surface area contributed by atoms with Crippen molar-refractivity contribution in [3.8, 4) is 23.8 Å². The van der Waals surface area contributed by atoms with Crippen LogP contribution < -0.4 is 9.47 Å². The highest BCUT2D eigenvalue weighted by Gasteiger charge is 2.27. The van der Waals surface area contributed by atoms with E-state index in [4.69, 9.17) is 15.9 Å². The monoisotopic (exact) mass is 428 g/mol. The van der Waals surface area contributed by atoms with Crippen LogP contribution in [0.1, 0.15) is 36.9 Å². The normalized spacial score (nSPS) is 17.3. The molecule has 0 radical (unpaired) electrons. The zero-order chi connectivity index (χ0) is 21.6. The minimum absolute atomic E-state index is 0.0919. The van der Waals surface area contributed by atoms with Crippen LogP contribution in [0.4, 0.5) is 0 Å². The molecule has 1 aliphatic heterocycles. The Morgan fingerprint density at radius 1 is 1.27 bits per heavy atom. The fourth-order valence-electron chi connectivity index (χ4n) is 3.86. The lowest BCUT2D eigenvalue weighted by molar-refractivity contribution is 0.197. The summed E-state index contributed by atoms with van der Waals surface area (Å²) in [7, 11) is -3.31. The molecule has 7 heteroatoms. The van der Waals surface area contributed by atoms with E-state index in [1.807, 2.05) is 25.1 Å². The number of rotatable bonds is 8. The van der Waals surface area contributed by atoms with Gasteiger partial charge in [0.1, 0.15) is 6.61 Å². The highest BCUT2D eigenvalue weighted by atomic mass is 32.2. The SMILES string of the molecule is C#CCOc1ccc(CN2CCCC(c3ncccc3S(C)(=O)=O)C2)cc1OCC. The van der Waals surface area contributed by atoms with E-state index in [-0.39, 0.29) is 12.5 Å². The van der Waals surface area contributed by atoms with Crippen molar-refractivity contribution < 1.29 is 17.9 Å². The van der Waals surface area contributed by atoms with Crippen LogP contribution in [0.25, 0.3) is 0 Å². The lowest BCUT2D eigenvalue weighted by atomic mass is 9.94. The Hall–Kier alpha value is -2.56. The van der Waals surface area contributed by atoms with Gasteiger partial charge in [0.2, 0.25) is 0 Å². The van der Waals surface area contributed by atoms with Gasteiger partial charge in [-0.3, -0.25) is 9.88 Å². The molecule has 1 aromatic carbocycles. The lowest BCUT2D eigenvalue weighted by Crippen LogP contribution is -2.34. The number of aromatic nitrogens is 1. The smallest absolute Gasteiger partial charge is 0.177 e. The maximum atomic E-state index is 12.2. The summed E-state index contributed by atoms with van der Waals surface area (Å²) in [5.41, 5.74) is 1.79. The van der Waals surface area contributed by atoms with Gasteiger partial charge in [0.25, 0.3) is 0 Å². The Morgan fingerprint density at radius 2 is 2.10 bits per heavy atom. The summed E-state index contributed by atoms with van der Waals surface area (Å²) in [6.45, 7) is 5.12. The molecule has 0 aliphatic carbocycles. The number of ether oxygens (including phenoxy) is 2. The second kappa shape index (κ2) is 9.96. The Bertz CT molecular complexity index is 1010. The van der Waals surface area contributed by atoms with Gasteiger partial charge in [-0.2, -0.15) is 0 Å². The van der Waals surface area contributed by atoms with E-state index in [9.17, 15) is 8.42 Å². The number of pyridine rings is 1. The summed E-state index contributed by atoms with van der Waals surface area (Å²) in [4.78, 5) is 7.10. The topological polar surface area (TPSA) is 68.7 Å². The van der Waals surface area contributed by atoms with E-state index >= 15 is 0 Å². The molecule has 2 heterocycles. The Balaban J connectivity index is 1.76. The molecule has 160 valence electrons. The predicted octanol–water partition coefficient (Wildman–Crippen LogP) is 3.28. The summed E-state index contributed by atoms with van der Waals surface area (Å²) < 4.78 is 35.6. The van der Waals surface area contributed by atoms with Crippen molar-refractivity contribution in [2.24, 2.45) is 0 Å². The predicted molar refractivity (Wildman–Crippen MR) is 117 cm³/mol. The van der Waals surface area contributed by atoms with Crippen LogP contribution in [0.3, 0.4) is 0 Å². The molecule has 1 aliphatic rings. The minimum Gasteiger partial charge on any atom is -0.490 e. The Labute approximate surface area is 179 Å². The summed E-state index contributed by atoms with van der Waals surface area (Å²) in [6, 6.07) is 9.22. The molecular formula is C23H28N2O4S. The maximum Gasteiger partial charge on any atom is 0.177 e. The Kier molecular flexibility index (Phi) is 7.35. The van der Waals surface area contributed by atoms with Crippen LogP contribution in [-0.4, -0.2) is 50.9 Å². The maximum absolute atomic E-state index is 12.2. The first kappa shape index (κ1) is 22.1. The summed E-state index contributed by atoms with van der Waals surface area (Å²) >= 11 is 0. The first-order chi connectivity index (χ1) is 14.4. The summed E-state index contributed by atoms with van der Waals surface area (Å²) in [5.74, 6) is 3.88. The Morgan fingerprint density at radius 3 is 2.83 bits per heavy atom. The molecule has 1 unspecified atom stereocenters. The van der Waals surface area contributed by atoms with Crippen LogP contribution >= 0.6 is 0 Å². The largest absolute Gasteiger partial charge is 0.490 e. The van der Waals surface area contributed by atoms with E-state index in [0.717, 1.165) is 38.0 Å². The van der Waals surface area contributed by atoms with Crippen molar-refractivity contribution in [1.29, 1.82) is 0 Å². The fourth-order valence-corrected chi connectivity index (χ4v) is 4.79. The third-order valence-electron chi connectivity index (χ3n) is 5.12. The van der Waals surface area contributed by atoms with Gasteiger partial charge in [-0.1, -0.05) is 12.0 Å². The zero-order valence-corrected chi connectivity index (χ0v) is 18.3. The second-order valence-corrected chi connectivity index (χ2v) is 9.42. The molecule has 3 rings (SSSR count).